The fourth-order valence-electron chi connectivity index (χ4n) is 2.95. The molecule has 28 heavy (non-hydrogen) atoms. The van der Waals surface area contributed by atoms with E-state index in [1.165, 1.54) is 6.08 Å². The van der Waals surface area contributed by atoms with Crippen LogP contribution in [0.15, 0.2) is 47.3 Å². The molecule has 0 atom stereocenters. The smallest absolute Gasteiger partial charge is 0.251 e. The van der Waals surface area contributed by atoms with Crippen molar-refractivity contribution in [2.24, 2.45) is 0 Å². The summed E-state index contributed by atoms with van der Waals surface area (Å²) in [7, 11) is 3.13. The van der Waals surface area contributed by atoms with Gasteiger partial charge in [-0.2, -0.15) is 0 Å². The number of pyridine rings is 1. The molecule has 2 N–H and O–H groups in total. The first-order valence-corrected chi connectivity index (χ1v) is 8.77. The zero-order valence-corrected chi connectivity index (χ0v) is 16.3. The zero-order chi connectivity index (χ0) is 20.3. The molecule has 0 spiro atoms. The summed E-state index contributed by atoms with van der Waals surface area (Å²) in [4.78, 5) is 27.1. The summed E-state index contributed by atoms with van der Waals surface area (Å²) < 4.78 is 10.5. The van der Waals surface area contributed by atoms with Crippen LogP contribution in [-0.4, -0.2) is 25.1 Å². The van der Waals surface area contributed by atoms with E-state index < -0.39 is 0 Å². The predicted octanol–water partition coefficient (Wildman–Crippen LogP) is 3.81. The fraction of sp³-hybridized carbons (Fsp3) is 0.182. The number of hydrogen-bond acceptors (Lipinski definition) is 4. The number of amides is 1. The van der Waals surface area contributed by atoms with Crippen molar-refractivity contribution < 1.29 is 14.3 Å². The molecule has 3 aromatic rings. The molecule has 0 bridgehead atoms. The zero-order valence-electron chi connectivity index (χ0n) is 16.3. The summed E-state index contributed by atoms with van der Waals surface area (Å²) in [5, 5.41) is 3.76. The number of rotatable bonds is 5. The number of nitrogens with one attached hydrogen (secondary N) is 2. The molecule has 1 aromatic heterocycles. The predicted molar refractivity (Wildman–Crippen MR) is 111 cm³/mol. The van der Waals surface area contributed by atoms with E-state index in [1.807, 2.05) is 25.1 Å². The third-order valence-corrected chi connectivity index (χ3v) is 4.68. The number of aryl methyl sites for hydroxylation is 1. The molecule has 0 saturated heterocycles. The third kappa shape index (κ3) is 3.91. The maximum Gasteiger partial charge on any atom is 0.251 e. The summed E-state index contributed by atoms with van der Waals surface area (Å²) >= 11 is 0. The van der Waals surface area contributed by atoms with Crippen molar-refractivity contribution in [1.29, 1.82) is 0 Å². The summed E-state index contributed by atoms with van der Waals surface area (Å²) in [5.74, 6) is 0.939. The van der Waals surface area contributed by atoms with E-state index in [9.17, 15) is 9.59 Å². The lowest BCUT2D eigenvalue weighted by Crippen LogP contribution is -2.12. The van der Waals surface area contributed by atoms with Crippen LogP contribution in [0.5, 0.6) is 11.5 Å². The molecule has 6 nitrogen and oxygen atoms in total. The van der Waals surface area contributed by atoms with Gasteiger partial charge in [-0.1, -0.05) is 12.1 Å². The van der Waals surface area contributed by atoms with Crippen LogP contribution in [0.3, 0.4) is 0 Å². The molecule has 0 aliphatic rings. The van der Waals surface area contributed by atoms with Gasteiger partial charge in [0.25, 0.3) is 5.56 Å². The van der Waals surface area contributed by atoms with Gasteiger partial charge in [0.1, 0.15) is 0 Å². The number of anilines is 1. The molecular weight excluding hydrogens is 356 g/mol. The van der Waals surface area contributed by atoms with E-state index in [-0.39, 0.29) is 11.5 Å². The Bertz CT molecular complexity index is 1130. The SMILES string of the molecule is COc1ccc(/C=C\C(=O)Nc2ccc3c(C)c(C)c(=O)[nH]c3c2)cc1OC. The van der Waals surface area contributed by atoms with Gasteiger partial charge in [-0.05, 0) is 55.3 Å². The van der Waals surface area contributed by atoms with Gasteiger partial charge in [0.05, 0.1) is 19.7 Å². The van der Waals surface area contributed by atoms with Crippen LogP contribution in [0.4, 0.5) is 5.69 Å². The van der Waals surface area contributed by atoms with Crippen molar-refractivity contribution >= 4 is 28.6 Å². The largest absolute Gasteiger partial charge is 0.493 e. The molecule has 0 unspecified atom stereocenters. The van der Waals surface area contributed by atoms with Crippen LogP contribution in [0.2, 0.25) is 0 Å². The summed E-state index contributed by atoms with van der Waals surface area (Å²) in [6, 6.07) is 10.9. The van der Waals surface area contributed by atoms with Crippen LogP contribution in [0.25, 0.3) is 17.0 Å². The van der Waals surface area contributed by atoms with Crippen molar-refractivity contribution in [2.45, 2.75) is 13.8 Å². The summed E-state index contributed by atoms with van der Waals surface area (Å²) in [6.45, 7) is 3.71. The van der Waals surface area contributed by atoms with Crippen LogP contribution in [-0.2, 0) is 4.79 Å². The molecule has 1 heterocycles. The number of carbonyl (C=O) groups excluding carboxylic acids is 1. The molecule has 6 heteroatoms. The first kappa shape index (κ1) is 19.2. The number of H-pyrrole nitrogens is 1. The number of aromatic amines is 1. The number of aromatic nitrogens is 1. The maximum absolute atomic E-state index is 12.3. The van der Waals surface area contributed by atoms with Gasteiger partial charge in [-0.25, -0.2) is 0 Å². The molecule has 0 radical (unpaired) electrons. The van der Waals surface area contributed by atoms with Gasteiger partial charge in [-0.15, -0.1) is 0 Å². The topological polar surface area (TPSA) is 80.4 Å². The van der Waals surface area contributed by atoms with Crippen LogP contribution >= 0.6 is 0 Å². The number of fused-ring (bicyclic) bond motifs is 1. The average molecular weight is 378 g/mol. The normalized spacial score (nSPS) is 11.0. The van der Waals surface area contributed by atoms with Crippen LogP contribution in [0.1, 0.15) is 16.7 Å². The van der Waals surface area contributed by atoms with E-state index in [0.29, 0.717) is 28.3 Å². The number of methoxy groups -OCH3 is 2. The van der Waals surface area contributed by atoms with Crippen LogP contribution < -0.4 is 20.3 Å². The Morgan fingerprint density at radius 1 is 1.00 bits per heavy atom. The number of carbonyl (C=O) groups is 1. The molecule has 0 aliphatic heterocycles. The monoisotopic (exact) mass is 378 g/mol. The summed E-state index contributed by atoms with van der Waals surface area (Å²) in [5.41, 5.74) is 3.61. The fourth-order valence-corrected chi connectivity index (χ4v) is 2.95. The number of ether oxygens (including phenoxy) is 2. The van der Waals surface area contributed by atoms with E-state index in [2.05, 4.69) is 10.3 Å². The van der Waals surface area contributed by atoms with Gasteiger partial charge in [0, 0.05) is 22.7 Å². The highest BCUT2D eigenvalue weighted by Crippen LogP contribution is 2.28. The molecule has 0 fully saturated rings. The molecule has 3 rings (SSSR count). The van der Waals surface area contributed by atoms with Crippen molar-refractivity contribution in [3.8, 4) is 11.5 Å². The minimum atomic E-state index is -0.277. The molecule has 1 amide bonds. The Kier molecular flexibility index (Phi) is 5.49. The highest BCUT2D eigenvalue weighted by atomic mass is 16.5. The standard InChI is InChI=1S/C22H22N2O4/c1-13-14(2)22(26)24-18-12-16(7-8-17(13)18)23-21(25)10-6-15-5-9-19(27-3)20(11-15)28-4/h5-12H,1-4H3,(H,23,25)(H,24,26)/b10-6-. The molecular formula is C22H22N2O4. The molecule has 0 saturated carbocycles. The quantitative estimate of drug-likeness (QED) is 0.662. The number of hydrogen-bond donors (Lipinski definition) is 2. The highest BCUT2D eigenvalue weighted by molar-refractivity contribution is 6.03. The lowest BCUT2D eigenvalue weighted by atomic mass is 10.1. The van der Waals surface area contributed by atoms with E-state index >= 15 is 0 Å². The van der Waals surface area contributed by atoms with Crippen molar-refractivity contribution in [3.05, 3.63) is 69.5 Å². The van der Waals surface area contributed by atoms with Gasteiger partial charge in [0.15, 0.2) is 11.5 Å². The first-order valence-electron chi connectivity index (χ1n) is 8.77. The maximum atomic E-state index is 12.3. The Morgan fingerprint density at radius 2 is 1.75 bits per heavy atom. The van der Waals surface area contributed by atoms with E-state index in [1.54, 1.807) is 45.4 Å². The lowest BCUT2D eigenvalue weighted by molar-refractivity contribution is -0.111. The first-order chi connectivity index (χ1) is 13.4. The van der Waals surface area contributed by atoms with Crippen LogP contribution in [0, 0.1) is 13.8 Å². The average Bonchev–Trinajstić information content (AvgIpc) is 2.70. The van der Waals surface area contributed by atoms with Gasteiger partial charge < -0.3 is 19.8 Å². The molecule has 2 aromatic carbocycles. The van der Waals surface area contributed by atoms with Crippen molar-refractivity contribution in [2.75, 3.05) is 19.5 Å². The van der Waals surface area contributed by atoms with E-state index in [0.717, 1.165) is 16.5 Å². The van der Waals surface area contributed by atoms with Gasteiger partial charge >= 0.3 is 0 Å². The minimum absolute atomic E-state index is 0.123. The van der Waals surface area contributed by atoms with E-state index in [4.69, 9.17) is 9.47 Å². The highest BCUT2D eigenvalue weighted by Gasteiger charge is 2.07. The van der Waals surface area contributed by atoms with Gasteiger partial charge in [0.2, 0.25) is 5.91 Å². The van der Waals surface area contributed by atoms with Gasteiger partial charge in [-0.3, -0.25) is 9.59 Å². The Labute approximate surface area is 162 Å². The Morgan fingerprint density at radius 3 is 2.46 bits per heavy atom. The second kappa shape index (κ2) is 8.00. The number of benzene rings is 2. The lowest BCUT2D eigenvalue weighted by Gasteiger charge is -2.08. The van der Waals surface area contributed by atoms with Crippen molar-refractivity contribution in [3.63, 3.8) is 0 Å². The molecule has 0 aliphatic carbocycles. The Hall–Kier alpha value is -3.54. The van der Waals surface area contributed by atoms with Crippen molar-refractivity contribution in [1.82, 2.24) is 4.98 Å². The molecule has 144 valence electrons. The second-order valence-electron chi connectivity index (χ2n) is 6.40. The summed E-state index contributed by atoms with van der Waals surface area (Å²) in [6.07, 6.45) is 3.13. The Balaban J connectivity index is 1.78. The third-order valence-electron chi connectivity index (χ3n) is 4.68. The minimum Gasteiger partial charge on any atom is -0.493 e. The second-order valence-corrected chi connectivity index (χ2v) is 6.40.